The second-order valence-electron chi connectivity index (χ2n) is 11.4. The lowest BCUT2D eigenvalue weighted by Crippen LogP contribution is -1.96. The Labute approximate surface area is 249 Å². The van der Waals surface area contributed by atoms with E-state index >= 15 is 0 Å². The summed E-state index contributed by atoms with van der Waals surface area (Å²) in [5.41, 5.74) is 8.45. The third kappa shape index (κ3) is 3.72. The number of aromatic nitrogens is 1. The van der Waals surface area contributed by atoms with Crippen molar-refractivity contribution in [3.05, 3.63) is 164 Å². The normalized spacial score (nSPS) is 11.7. The summed E-state index contributed by atoms with van der Waals surface area (Å²) in [4.78, 5) is 0. The molecule has 1 nitrogen and oxygen atoms in total. The van der Waals surface area contributed by atoms with Crippen LogP contribution in [0.25, 0.3) is 82.1 Å². The first kappa shape index (κ1) is 24.0. The quantitative estimate of drug-likeness (QED) is 0.195. The molecule has 1 heterocycles. The lowest BCUT2D eigenvalue weighted by atomic mass is 9.95. The summed E-state index contributed by atoms with van der Waals surface area (Å²) < 4.78 is 2.45. The van der Waals surface area contributed by atoms with Crippen LogP contribution in [0.1, 0.15) is 0 Å². The Bertz CT molecular complexity index is 2430. The zero-order valence-corrected chi connectivity index (χ0v) is 23.5. The van der Waals surface area contributed by atoms with Crippen LogP contribution in [0.4, 0.5) is 0 Å². The van der Waals surface area contributed by atoms with Gasteiger partial charge in [0.2, 0.25) is 0 Å². The third-order valence-corrected chi connectivity index (χ3v) is 8.95. The molecule has 0 atom stereocenters. The molecule has 0 unspecified atom stereocenters. The number of nitrogens with zero attached hydrogens (tertiary/aromatic N) is 1. The molecular formula is C42H27N. The zero-order valence-electron chi connectivity index (χ0n) is 23.5. The van der Waals surface area contributed by atoms with Gasteiger partial charge in [0.1, 0.15) is 0 Å². The van der Waals surface area contributed by atoms with Crippen molar-refractivity contribution < 1.29 is 0 Å². The Kier molecular flexibility index (Phi) is 5.27. The molecule has 0 N–H and O–H groups in total. The highest BCUT2D eigenvalue weighted by Gasteiger charge is 2.17. The molecule has 0 aliphatic rings. The van der Waals surface area contributed by atoms with E-state index in [-0.39, 0.29) is 0 Å². The molecule has 0 aliphatic heterocycles. The minimum atomic E-state index is 1.16. The molecule has 0 radical (unpaired) electrons. The van der Waals surface area contributed by atoms with Crippen molar-refractivity contribution in [2.75, 3.05) is 0 Å². The van der Waals surface area contributed by atoms with Crippen LogP contribution >= 0.6 is 0 Å². The van der Waals surface area contributed by atoms with Crippen LogP contribution in [0.5, 0.6) is 0 Å². The van der Waals surface area contributed by atoms with Gasteiger partial charge in [-0.1, -0.05) is 133 Å². The van der Waals surface area contributed by atoms with Gasteiger partial charge in [-0.05, 0) is 84.9 Å². The maximum absolute atomic E-state index is 2.45. The molecule has 43 heavy (non-hydrogen) atoms. The molecule has 0 spiro atoms. The average Bonchev–Trinajstić information content (AvgIpc) is 3.43. The van der Waals surface area contributed by atoms with Gasteiger partial charge in [-0.3, -0.25) is 0 Å². The number of hydrogen-bond donors (Lipinski definition) is 0. The van der Waals surface area contributed by atoms with E-state index in [1.54, 1.807) is 0 Å². The van der Waals surface area contributed by atoms with Gasteiger partial charge in [-0.15, -0.1) is 0 Å². The maximum atomic E-state index is 2.45. The van der Waals surface area contributed by atoms with Crippen molar-refractivity contribution in [3.8, 4) is 27.9 Å². The molecule has 0 fully saturated rings. The standard InChI is InChI=1S/C42H27N/c1-3-11-28(12-4-1)31-25-32(29-13-5-2-6-14-29)27-33(26-31)43-40-18-10-9-17-39(40)42-38-22-21-35-34-16-8-7-15-30(34)19-20-36(35)37(38)23-24-41(42)43/h1-27H. The van der Waals surface area contributed by atoms with Crippen molar-refractivity contribution >= 4 is 54.1 Å². The Morgan fingerprint density at radius 2 is 0.837 bits per heavy atom. The highest BCUT2D eigenvalue weighted by atomic mass is 15.0. The van der Waals surface area contributed by atoms with Crippen molar-refractivity contribution in [1.29, 1.82) is 0 Å². The molecule has 200 valence electrons. The summed E-state index contributed by atoms with van der Waals surface area (Å²) in [7, 11) is 0. The average molecular weight is 546 g/mol. The van der Waals surface area contributed by atoms with Gasteiger partial charge < -0.3 is 4.57 Å². The predicted molar refractivity (Wildman–Crippen MR) is 184 cm³/mol. The van der Waals surface area contributed by atoms with Gasteiger partial charge in [0.05, 0.1) is 11.0 Å². The van der Waals surface area contributed by atoms with Gasteiger partial charge in [-0.25, -0.2) is 0 Å². The van der Waals surface area contributed by atoms with E-state index in [0.717, 1.165) is 5.69 Å². The Morgan fingerprint density at radius 1 is 0.302 bits per heavy atom. The van der Waals surface area contributed by atoms with Crippen molar-refractivity contribution in [3.63, 3.8) is 0 Å². The van der Waals surface area contributed by atoms with Gasteiger partial charge in [0.25, 0.3) is 0 Å². The van der Waals surface area contributed by atoms with Crippen LogP contribution in [0.3, 0.4) is 0 Å². The number of fused-ring (bicyclic) bond motifs is 9. The van der Waals surface area contributed by atoms with E-state index in [4.69, 9.17) is 0 Å². The summed E-state index contributed by atoms with van der Waals surface area (Å²) in [6, 6.07) is 59.8. The Hall–Kier alpha value is -5.66. The lowest BCUT2D eigenvalue weighted by molar-refractivity contribution is 1.18. The van der Waals surface area contributed by atoms with Crippen LogP contribution < -0.4 is 0 Å². The molecule has 0 amide bonds. The number of rotatable bonds is 3. The van der Waals surface area contributed by atoms with Crippen LogP contribution in [0, 0.1) is 0 Å². The van der Waals surface area contributed by atoms with E-state index < -0.39 is 0 Å². The SMILES string of the molecule is c1ccc(-c2cc(-c3ccccc3)cc(-n3c4ccccc4c4c5ccc6c7ccccc7ccc6c5ccc43)c2)cc1. The number of benzene rings is 8. The Balaban J connectivity index is 1.37. The predicted octanol–water partition coefficient (Wildman–Crippen LogP) is 11.6. The van der Waals surface area contributed by atoms with Crippen molar-refractivity contribution in [1.82, 2.24) is 4.57 Å². The molecule has 9 rings (SSSR count). The summed E-state index contributed by atoms with van der Waals surface area (Å²) >= 11 is 0. The van der Waals surface area contributed by atoms with E-state index in [1.807, 2.05) is 0 Å². The van der Waals surface area contributed by atoms with E-state index in [9.17, 15) is 0 Å². The second-order valence-corrected chi connectivity index (χ2v) is 11.4. The fraction of sp³-hybridized carbons (Fsp3) is 0. The molecule has 1 aromatic heterocycles. The van der Waals surface area contributed by atoms with Gasteiger partial charge in [0.15, 0.2) is 0 Å². The maximum Gasteiger partial charge on any atom is 0.0547 e. The summed E-state index contributed by atoms with van der Waals surface area (Å²) in [6.07, 6.45) is 0. The van der Waals surface area contributed by atoms with E-state index in [0.29, 0.717) is 0 Å². The van der Waals surface area contributed by atoms with Crippen LogP contribution in [-0.4, -0.2) is 4.57 Å². The topological polar surface area (TPSA) is 4.93 Å². The number of hydrogen-bond acceptors (Lipinski definition) is 0. The molecular weight excluding hydrogens is 518 g/mol. The fourth-order valence-corrected chi connectivity index (χ4v) is 6.98. The van der Waals surface area contributed by atoms with E-state index in [2.05, 4.69) is 168 Å². The summed E-state index contributed by atoms with van der Waals surface area (Å²) in [5, 5.41) is 10.3. The molecule has 8 aromatic carbocycles. The third-order valence-electron chi connectivity index (χ3n) is 8.95. The summed E-state index contributed by atoms with van der Waals surface area (Å²) in [6.45, 7) is 0. The first-order chi connectivity index (χ1) is 21.3. The number of para-hydroxylation sites is 1. The fourth-order valence-electron chi connectivity index (χ4n) is 6.98. The summed E-state index contributed by atoms with van der Waals surface area (Å²) in [5.74, 6) is 0. The highest BCUT2D eigenvalue weighted by molar-refractivity contribution is 6.27. The minimum Gasteiger partial charge on any atom is -0.309 e. The molecule has 9 aromatic rings. The largest absolute Gasteiger partial charge is 0.309 e. The van der Waals surface area contributed by atoms with Crippen LogP contribution in [0.15, 0.2) is 164 Å². The van der Waals surface area contributed by atoms with Crippen molar-refractivity contribution in [2.45, 2.75) is 0 Å². The molecule has 0 aliphatic carbocycles. The lowest BCUT2D eigenvalue weighted by Gasteiger charge is -2.14. The molecule has 0 saturated heterocycles. The molecule has 0 saturated carbocycles. The van der Waals surface area contributed by atoms with Crippen LogP contribution in [0.2, 0.25) is 0 Å². The van der Waals surface area contributed by atoms with Gasteiger partial charge in [0, 0.05) is 16.5 Å². The van der Waals surface area contributed by atoms with Crippen molar-refractivity contribution in [2.24, 2.45) is 0 Å². The zero-order chi connectivity index (χ0) is 28.3. The Morgan fingerprint density at radius 3 is 1.58 bits per heavy atom. The van der Waals surface area contributed by atoms with Crippen LogP contribution in [-0.2, 0) is 0 Å². The monoisotopic (exact) mass is 545 g/mol. The van der Waals surface area contributed by atoms with Gasteiger partial charge >= 0.3 is 0 Å². The first-order valence-corrected chi connectivity index (χ1v) is 14.9. The molecule has 0 bridgehead atoms. The van der Waals surface area contributed by atoms with Gasteiger partial charge in [-0.2, -0.15) is 0 Å². The molecule has 1 heteroatoms. The highest BCUT2D eigenvalue weighted by Crippen LogP contribution is 2.41. The first-order valence-electron chi connectivity index (χ1n) is 14.9. The minimum absolute atomic E-state index is 1.16. The van der Waals surface area contributed by atoms with E-state index in [1.165, 1.54) is 76.4 Å². The second kappa shape index (κ2) is 9.44. The smallest absolute Gasteiger partial charge is 0.0547 e.